The second kappa shape index (κ2) is 5.56. The second-order valence-electron chi connectivity index (χ2n) is 3.68. The molecular weight excluding hydrogens is 138 g/mol. The van der Waals surface area contributed by atoms with Crippen LogP contribution < -0.4 is 0 Å². The SMILES string of the molecule is CCC(O)CN(C)CC(C)C. The number of hydrogen-bond acceptors (Lipinski definition) is 2. The first-order valence-electron chi connectivity index (χ1n) is 4.42. The highest BCUT2D eigenvalue weighted by Gasteiger charge is 2.06. The van der Waals surface area contributed by atoms with E-state index in [2.05, 4.69) is 25.8 Å². The molecule has 0 amide bonds. The van der Waals surface area contributed by atoms with Crippen molar-refractivity contribution >= 4 is 0 Å². The molecule has 0 heterocycles. The predicted molar refractivity (Wildman–Crippen MR) is 48.6 cm³/mol. The summed E-state index contributed by atoms with van der Waals surface area (Å²) in [5, 5.41) is 9.30. The molecule has 11 heavy (non-hydrogen) atoms. The van der Waals surface area contributed by atoms with E-state index in [1.807, 2.05) is 6.92 Å². The van der Waals surface area contributed by atoms with E-state index in [-0.39, 0.29) is 6.10 Å². The van der Waals surface area contributed by atoms with Crippen LogP contribution in [-0.4, -0.2) is 36.2 Å². The lowest BCUT2D eigenvalue weighted by Gasteiger charge is -2.21. The Kier molecular flexibility index (Phi) is 5.51. The Labute approximate surface area is 70.2 Å². The van der Waals surface area contributed by atoms with Gasteiger partial charge in [0.1, 0.15) is 0 Å². The van der Waals surface area contributed by atoms with Crippen molar-refractivity contribution in [3.05, 3.63) is 0 Å². The van der Waals surface area contributed by atoms with Crippen LogP contribution in [-0.2, 0) is 0 Å². The maximum Gasteiger partial charge on any atom is 0.0664 e. The van der Waals surface area contributed by atoms with E-state index in [9.17, 15) is 5.11 Å². The zero-order valence-corrected chi connectivity index (χ0v) is 8.17. The molecule has 0 aliphatic heterocycles. The molecule has 0 fully saturated rings. The zero-order chi connectivity index (χ0) is 8.85. The summed E-state index contributed by atoms with van der Waals surface area (Å²) >= 11 is 0. The molecular formula is C9H21NO. The highest BCUT2D eigenvalue weighted by molar-refractivity contribution is 4.60. The molecule has 0 rings (SSSR count). The predicted octanol–water partition coefficient (Wildman–Crippen LogP) is 1.35. The van der Waals surface area contributed by atoms with E-state index in [1.165, 1.54) is 0 Å². The Morgan fingerprint density at radius 2 is 1.82 bits per heavy atom. The van der Waals surface area contributed by atoms with Gasteiger partial charge in [0.05, 0.1) is 6.10 Å². The highest BCUT2D eigenvalue weighted by Crippen LogP contribution is 1.98. The second-order valence-corrected chi connectivity index (χ2v) is 3.68. The fraction of sp³-hybridized carbons (Fsp3) is 1.00. The lowest BCUT2D eigenvalue weighted by Crippen LogP contribution is -2.31. The van der Waals surface area contributed by atoms with Gasteiger partial charge in [-0.05, 0) is 19.4 Å². The first kappa shape index (κ1) is 10.9. The Morgan fingerprint density at radius 1 is 1.27 bits per heavy atom. The Balaban J connectivity index is 3.43. The lowest BCUT2D eigenvalue weighted by atomic mass is 10.2. The molecule has 1 unspecified atom stereocenters. The fourth-order valence-corrected chi connectivity index (χ4v) is 1.19. The van der Waals surface area contributed by atoms with Gasteiger partial charge in [0.15, 0.2) is 0 Å². The number of aliphatic hydroxyl groups excluding tert-OH is 1. The molecule has 0 radical (unpaired) electrons. The molecule has 0 aliphatic rings. The minimum Gasteiger partial charge on any atom is -0.392 e. The van der Waals surface area contributed by atoms with Gasteiger partial charge in [0, 0.05) is 13.1 Å². The van der Waals surface area contributed by atoms with E-state index in [0.717, 1.165) is 19.5 Å². The van der Waals surface area contributed by atoms with Gasteiger partial charge < -0.3 is 10.0 Å². The molecule has 68 valence electrons. The normalized spacial score (nSPS) is 14.5. The lowest BCUT2D eigenvalue weighted by molar-refractivity contribution is 0.117. The van der Waals surface area contributed by atoms with Crippen molar-refractivity contribution in [2.45, 2.75) is 33.3 Å². The average molecular weight is 159 g/mol. The first-order valence-corrected chi connectivity index (χ1v) is 4.42. The molecule has 0 aliphatic carbocycles. The van der Waals surface area contributed by atoms with Crippen LogP contribution in [0, 0.1) is 5.92 Å². The molecule has 0 aromatic heterocycles. The summed E-state index contributed by atoms with van der Waals surface area (Å²) in [7, 11) is 2.05. The number of likely N-dealkylation sites (N-methyl/N-ethyl adjacent to an activating group) is 1. The minimum atomic E-state index is -0.154. The van der Waals surface area contributed by atoms with Crippen LogP contribution >= 0.6 is 0 Å². The van der Waals surface area contributed by atoms with Crippen molar-refractivity contribution < 1.29 is 5.11 Å². The molecule has 0 saturated carbocycles. The van der Waals surface area contributed by atoms with E-state index < -0.39 is 0 Å². The standard InChI is InChI=1S/C9H21NO/c1-5-9(11)7-10(4)6-8(2)3/h8-9,11H,5-7H2,1-4H3. The van der Waals surface area contributed by atoms with Gasteiger partial charge in [-0.1, -0.05) is 20.8 Å². The number of aliphatic hydroxyl groups is 1. The van der Waals surface area contributed by atoms with Crippen molar-refractivity contribution in [3.8, 4) is 0 Å². The van der Waals surface area contributed by atoms with Crippen molar-refractivity contribution in [1.82, 2.24) is 4.90 Å². The summed E-state index contributed by atoms with van der Waals surface area (Å²) < 4.78 is 0. The summed E-state index contributed by atoms with van der Waals surface area (Å²) in [6.45, 7) is 8.25. The van der Waals surface area contributed by atoms with Gasteiger partial charge in [-0.2, -0.15) is 0 Å². The Bertz CT molecular complexity index is 93.6. The summed E-state index contributed by atoms with van der Waals surface area (Å²) in [5.74, 6) is 0.684. The van der Waals surface area contributed by atoms with E-state index in [0.29, 0.717) is 5.92 Å². The maximum atomic E-state index is 9.30. The summed E-state index contributed by atoms with van der Waals surface area (Å²) in [4.78, 5) is 2.18. The monoisotopic (exact) mass is 159 g/mol. The molecule has 1 N–H and O–H groups in total. The first-order chi connectivity index (χ1) is 5.06. The topological polar surface area (TPSA) is 23.5 Å². The van der Waals surface area contributed by atoms with Crippen LogP contribution in [0.1, 0.15) is 27.2 Å². The Morgan fingerprint density at radius 3 is 2.18 bits per heavy atom. The highest BCUT2D eigenvalue weighted by atomic mass is 16.3. The van der Waals surface area contributed by atoms with Crippen molar-refractivity contribution in [3.63, 3.8) is 0 Å². The van der Waals surface area contributed by atoms with Crippen LogP contribution in [0.5, 0.6) is 0 Å². The molecule has 0 aromatic carbocycles. The smallest absolute Gasteiger partial charge is 0.0664 e. The van der Waals surface area contributed by atoms with E-state index in [1.54, 1.807) is 0 Å². The van der Waals surface area contributed by atoms with Crippen molar-refractivity contribution in [2.24, 2.45) is 5.92 Å². The van der Waals surface area contributed by atoms with Gasteiger partial charge in [-0.15, -0.1) is 0 Å². The number of nitrogens with zero attached hydrogens (tertiary/aromatic N) is 1. The third-order valence-electron chi connectivity index (χ3n) is 1.67. The summed E-state index contributed by atoms with van der Waals surface area (Å²) in [6, 6.07) is 0. The van der Waals surface area contributed by atoms with Gasteiger partial charge in [-0.25, -0.2) is 0 Å². The minimum absolute atomic E-state index is 0.154. The number of hydrogen-bond donors (Lipinski definition) is 1. The third kappa shape index (κ3) is 6.32. The quantitative estimate of drug-likeness (QED) is 0.654. The third-order valence-corrected chi connectivity index (χ3v) is 1.67. The molecule has 1 atom stereocenters. The van der Waals surface area contributed by atoms with Gasteiger partial charge in [-0.3, -0.25) is 0 Å². The summed E-state index contributed by atoms with van der Waals surface area (Å²) in [5.41, 5.74) is 0. The molecule has 0 saturated heterocycles. The fourth-order valence-electron chi connectivity index (χ4n) is 1.19. The van der Waals surface area contributed by atoms with Crippen LogP contribution in [0.15, 0.2) is 0 Å². The Hall–Kier alpha value is -0.0800. The van der Waals surface area contributed by atoms with E-state index in [4.69, 9.17) is 0 Å². The van der Waals surface area contributed by atoms with Gasteiger partial charge in [0.25, 0.3) is 0 Å². The summed E-state index contributed by atoms with van der Waals surface area (Å²) in [6.07, 6.45) is 0.696. The molecule has 0 spiro atoms. The molecule has 0 bridgehead atoms. The van der Waals surface area contributed by atoms with Crippen molar-refractivity contribution in [2.75, 3.05) is 20.1 Å². The largest absolute Gasteiger partial charge is 0.392 e. The molecule has 2 nitrogen and oxygen atoms in total. The van der Waals surface area contributed by atoms with E-state index >= 15 is 0 Å². The molecule has 0 aromatic rings. The van der Waals surface area contributed by atoms with Crippen LogP contribution in [0.3, 0.4) is 0 Å². The van der Waals surface area contributed by atoms with Crippen molar-refractivity contribution in [1.29, 1.82) is 0 Å². The maximum absolute atomic E-state index is 9.30. The van der Waals surface area contributed by atoms with Crippen LogP contribution in [0.25, 0.3) is 0 Å². The van der Waals surface area contributed by atoms with Crippen LogP contribution in [0.2, 0.25) is 0 Å². The van der Waals surface area contributed by atoms with Gasteiger partial charge >= 0.3 is 0 Å². The number of rotatable bonds is 5. The zero-order valence-electron chi connectivity index (χ0n) is 8.17. The van der Waals surface area contributed by atoms with Gasteiger partial charge in [0.2, 0.25) is 0 Å². The average Bonchev–Trinajstić information content (AvgIpc) is 1.85. The van der Waals surface area contributed by atoms with Crippen LogP contribution in [0.4, 0.5) is 0 Å². The molecule has 2 heteroatoms.